The summed E-state index contributed by atoms with van der Waals surface area (Å²) in [6.45, 7) is 3.02. The number of aromatic hydroxyl groups is 1. The summed E-state index contributed by atoms with van der Waals surface area (Å²) in [7, 11) is 0. The molecule has 0 spiro atoms. The number of hydrogen-bond acceptors (Lipinski definition) is 3. The Morgan fingerprint density at radius 2 is 1.11 bits per heavy atom. The zero-order chi connectivity index (χ0) is 25.0. The summed E-state index contributed by atoms with van der Waals surface area (Å²) in [5.74, 6) is 0.771. The lowest BCUT2D eigenvalue weighted by Gasteiger charge is -2.09. The van der Waals surface area contributed by atoms with Gasteiger partial charge < -0.3 is 15.2 Å². The van der Waals surface area contributed by atoms with Gasteiger partial charge in [-0.15, -0.1) is 0 Å². The van der Waals surface area contributed by atoms with Crippen LogP contribution in [0.2, 0.25) is 0 Å². The molecule has 0 aromatic heterocycles. The summed E-state index contributed by atoms with van der Waals surface area (Å²) in [4.78, 5) is 12.2. The minimum absolute atomic E-state index is 0.146. The van der Waals surface area contributed by atoms with Gasteiger partial charge in [-0.1, -0.05) is 103 Å². The number of carbonyl (C=O) groups is 1. The first-order valence-electron chi connectivity index (χ1n) is 14.0. The van der Waals surface area contributed by atoms with Gasteiger partial charge in [-0.05, 0) is 55.0 Å². The topological polar surface area (TPSA) is 58.6 Å². The monoisotopic (exact) mass is 481 g/mol. The summed E-state index contributed by atoms with van der Waals surface area (Å²) in [5.41, 5.74) is 1.23. The first-order valence-corrected chi connectivity index (χ1v) is 14.0. The highest BCUT2D eigenvalue weighted by atomic mass is 16.5. The van der Waals surface area contributed by atoms with Crippen LogP contribution in [0.1, 0.15) is 120 Å². The van der Waals surface area contributed by atoms with Crippen LogP contribution in [0.25, 0.3) is 0 Å². The molecule has 2 N–H and O–H groups in total. The lowest BCUT2D eigenvalue weighted by Crippen LogP contribution is -2.11. The van der Waals surface area contributed by atoms with Crippen molar-refractivity contribution in [3.05, 3.63) is 54.1 Å². The molecule has 4 nitrogen and oxygen atoms in total. The average molecular weight is 482 g/mol. The fraction of sp³-hybridized carbons (Fsp3) is 0.581. The van der Waals surface area contributed by atoms with E-state index in [4.69, 9.17) is 4.74 Å². The third-order valence-corrected chi connectivity index (χ3v) is 6.51. The highest BCUT2D eigenvalue weighted by molar-refractivity contribution is 6.04. The van der Waals surface area contributed by atoms with Crippen LogP contribution in [0.4, 0.5) is 5.69 Å². The summed E-state index contributed by atoms with van der Waals surface area (Å²) in [6, 6.07) is 13.7. The van der Waals surface area contributed by atoms with Gasteiger partial charge in [-0.3, -0.25) is 4.79 Å². The molecular formula is C31H47NO3. The Hall–Kier alpha value is -2.49. The molecule has 0 fully saturated rings. The number of carbonyl (C=O) groups excluding carboxylic acids is 1. The molecule has 194 valence electrons. The molecule has 0 aliphatic heterocycles. The molecule has 2 rings (SSSR count). The lowest BCUT2D eigenvalue weighted by atomic mass is 10.0. The van der Waals surface area contributed by atoms with E-state index in [1.165, 1.54) is 108 Å². The maximum Gasteiger partial charge on any atom is 0.255 e. The van der Waals surface area contributed by atoms with Crippen molar-refractivity contribution < 1.29 is 14.6 Å². The first kappa shape index (κ1) is 28.7. The Morgan fingerprint density at radius 3 is 1.60 bits per heavy atom. The molecule has 4 heteroatoms. The number of ether oxygens (including phenoxy) is 1. The van der Waals surface area contributed by atoms with Crippen LogP contribution in [0.3, 0.4) is 0 Å². The highest BCUT2D eigenvalue weighted by Gasteiger charge is 2.06. The minimum Gasteiger partial charge on any atom is -0.508 e. The van der Waals surface area contributed by atoms with Crippen molar-refractivity contribution in [2.24, 2.45) is 0 Å². The Kier molecular flexibility index (Phi) is 15.4. The zero-order valence-electron chi connectivity index (χ0n) is 21.9. The van der Waals surface area contributed by atoms with E-state index in [0.717, 1.165) is 24.5 Å². The van der Waals surface area contributed by atoms with Gasteiger partial charge in [-0.25, -0.2) is 0 Å². The highest BCUT2D eigenvalue weighted by Crippen LogP contribution is 2.18. The summed E-state index contributed by atoms with van der Waals surface area (Å²) in [5, 5.41) is 12.2. The number of unbranched alkanes of at least 4 members (excludes halogenated alkanes) is 15. The van der Waals surface area contributed by atoms with Gasteiger partial charge in [0, 0.05) is 11.3 Å². The van der Waals surface area contributed by atoms with Gasteiger partial charge in [0.1, 0.15) is 11.5 Å². The normalized spacial score (nSPS) is 10.9. The Morgan fingerprint density at radius 1 is 0.657 bits per heavy atom. The number of phenolic OH excluding ortho intramolecular Hbond substituents is 1. The van der Waals surface area contributed by atoms with Crippen LogP contribution in [0.15, 0.2) is 48.5 Å². The number of phenols is 1. The van der Waals surface area contributed by atoms with Crippen molar-refractivity contribution >= 4 is 11.6 Å². The van der Waals surface area contributed by atoms with Crippen LogP contribution in [0, 0.1) is 0 Å². The van der Waals surface area contributed by atoms with Gasteiger partial charge in [0.2, 0.25) is 0 Å². The Labute approximate surface area is 213 Å². The van der Waals surface area contributed by atoms with E-state index >= 15 is 0 Å². The van der Waals surface area contributed by atoms with Crippen LogP contribution in [0.5, 0.6) is 11.5 Å². The minimum atomic E-state index is -0.202. The second-order valence-corrected chi connectivity index (χ2v) is 9.68. The predicted molar refractivity (Wildman–Crippen MR) is 148 cm³/mol. The average Bonchev–Trinajstić information content (AvgIpc) is 2.87. The predicted octanol–water partition coefficient (Wildman–Crippen LogP) is 9.28. The van der Waals surface area contributed by atoms with Crippen molar-refractivity contribution in [2.45, 2.75) is 110 Å². The molecule has 0 bridgehead atoms. The van der Waals surface area contributed by atoms with E-state index in [9.17, 15) is 9.90 Å². The fourth-order valence-corrected chi connectivity index (χ4v) is 4.29. The molecule has 2 aromatic rings. The van der Waals surface area contributed by atoms with Gasteiger partial charge in [0.15, 0.2) is 0 Å². The molecule has 0 radical (unpaired) electrons. The number of anilines is 1. The number of hydrogen-bond donors (Lipinski definition) is 2. The summed E-state index contributed by atoms with van der Waals surface area (Å²) in [6.07, 6.45) is 21.9. The van der Waals surface area contributed by atoms with E-state index < -0.39 is 0 Å². The molecule has 0 saturated carbocycles. The molecule has 0 unspecified atom stereocenters. The summed E-state index contributed by atoms with van der Waals surface area (Å²) < 4.78 is 5.84. The molecule has 0 aliphatic rings. The van der Waals surface area contributed by atoms with Gasteiger partial charge in [0.25, 0.3) is 5.91 Å². The van der Waals surface area contributed by atoms with Crippen molar-refractivity contribution in [3.8, 4) is 11.5 Å². The van der Waals surface area contributed by atoms with Crippen LogP contribution < -0.4 is 10.1 Å². The molecular weight excluding hydrogens is 434 g/mol. The lowest BCUT2D eigenvalue weighted by molar-refractivity contribution is 0.102. The third-order valence-electron chi connectivity index (χ3n) is 6.51. The van der Waals surface area contributed by atoms with E-state index in [1.54, 1.807) is 12.1 Å². The molecule has 35 heavy (non-hydrogen) atoms. The van der Waals surface area contributed by atoms with Crippen LogP contribution >= 0.6 is 0 Å². The SMILES string of the molecule is CCCCCCCCCCCCCCCCCCOc1ccc(NC(=O)c2ccc(O)cc2)cc1. The van der Waals surface area contributed by atoms with Crippen molar-refractivity contribution in [1.29, 1.82) is 0 Å². The maximum absolute atomic E-state index is 12.2. The van der Waals surface area contributed by atoms with E-state index in [2.05, 4.69) is 12.2 Å². The van der Waals surface area contributed by atoms with Crippen molar-refractivity contribution in [1.82, 2.24) is 0 Å². The van der Waals surface area contributed by atoms with E-state index in [-0.39, 0.29) is 11.7 Å². The molecule has 0 heterocycles. The third kappa shape index (κ3) is 13.9. The van der Waals surface area contributed by atoms with Gasteiger partial charge in [-0.2, -0.15) is 0 Å². The molecule has 1 amide bonds. The largest absolute Gasteiger partial charge is 0.508 e. The van der Waals surface area contributed by atoms with E-state index in [1.807, 2.05) is 24.3 Å². The molecule has 0 aliphatic carbocycles. The number of amides is 1. The Bertz CT molecular complexity index is 786. The second-order valence-electron chi connectivity index (χ2n) is 9.68. The van der Waals surface area contributed by atoms with Crippen LogP contribution in [-0.2, 0) is 0 Å². The smallest absolute Gasteiger partial charge is 0.255 e. The number of nitrogens with one attached hydrogen (secondary N) is 1. The molecule has 0 atom stereocenters. The van der Waals surface area contributed by atoms with Gasteiger partial charge in [0.05, 0.1) is 6.61 Å². The van der Waals surface area contributed by atoms with Gasteiger partial charge >= 0.3 is 0 Å². The maximum atomic E-state index is 12.2. The standard InChI is InChI=1S/C31H47NO3/c1-2-3-4-5-6-7-8-9-10-11-12-13-14-15-16-17-26-35-30-24-20-28(21-25-30)32-31(34)27-18-22-29(33)23-19-27/h18-25,33H,2-17,26H2,1H3,(H,32,34). The first-order chi connectivity index (χ1) is 17.2. The van der Waals surface area contributed by atoms with Crippen LogP contribution in [-0.4, -0.2) is 17.6 Å². The Balaban J connectivity index is 1.40. The second kappa shape index (κ2) is 18.8. The number of benzene rings is 2. The van der Waals surface area contributed by atoms with E-state index in [0.29, 0.717) is 5.56 Å². The number of rotatable bonds is 20. The van der Waals surface area contributed by atoms with Crippen molar-refractivity contribution in [2.75, 3.05) is 11.9 Å². The zero-order valence-corrected chi connectivity index (χ0v) is 21.9. The molecule has 0 saturated heterocycles. The fourth-order valence-electron chi connectivity index (χ4n) is 4.29. The molecule has 2 aromatic carbocycles. The summed E-state index contributed by atoms with van der Waals surface area (Å²) >= 11 is 0. The quantitative estimate of drug-likeness (QED) is 0.185. The van der Waals surface area contributed by atoms with Crippen molar-refractivity contribution in [3.63, 3.8) is 0 Å².